The Hall–Kier alpha value is -1.83. The third-order valence-corrected chi connectivity index (χ3v) is 7.83. The van der Waals surface area contributed by atoms with Crippen LogP contribution >= 0.6 is 0 Å². The summed E-state index contributed by atoms with van der Waals surface area (Å²) in [4.78, 5) is 4.70. The van der Waals surface area contributed by atoms with E-state index in [1.165, 1.54) is 82.6 Å². The molecule has 1 aromatic heterocycles. The summed E-state index contributed by atoms with van der Waals surface area (Å²) >= 11 is 0. The SMILES string of the molecule is CCCCCC1CCCCC1CCCOc1ccc(-c2ccc(CCC(C)CC)cn2)cc1. The van der Waals surface area contributed by atoms with E-state index in [2.05, 4.69) is 57.2 Å². The summed E-state index contributed by atoms with van der Waals surface area (Å²) in [6.07, 6.45) is 19.6. The standard InChI is InChI=1S/C31H47NO/c1-4-6-7-11-27-12-8-9-13-28(27)14-10-23-33-30-20-18-29(19-21-30)31-22-17-26(24-32-31)16-15-25(3)5-2/h17-22,24-25,27-28H,4-16,23H2,1-3H3. The number of unbranched alkanes of at least 4 members (excludes halogenated alkanes) is 2. The molecule has 1 saturated carbocycles. The fraction of sp³-hybridized carbons (Fsp3) is 0.645. The van der Waals surface area contributed by atoms with E-state index < -0.39 is 0 Å². The van der Waals surface area contributed by atoms with Crippen molar-refractivity contribution in [2.75, 3.05) is 6.61 Å². The normalized spacial score (nSPS) is 19.4. The van der Waals surface area contributed by atoms with Gasteiger partial charge in [-0.1, -0.05) is 84.6 Å². The van der Waals surface area contributed by atoms with Gasteiger partial charge in [0.25, 0.3) is 0 Å². The molecule has 0 N–H and O–H groups in total. The lowest BCUT2D eigenvalue weighted by Crippen LogP contribution is -2.20. The number of hydrogen-bond acceptors (Lipinski definition) is 2. The summed E-state index contributed by atoms with van der Waals surface area (Å²) in [7, 11) is 0. The highest BCUT2D eigenvalue weighted by Crippen LogP contribution is 2.36. The molecule has 182 valence electrons. The molecule has 3 atom stereocenters. The van der Waals surface area contributed by atoms with Gasteiger partial charge in [-0.25, -0.2) is 0 Å². The van der Waals surface area contributed by atoms with E-state index in [4.69, 9.17) is 9.72 Å². The number of ether oxygens (including phenoxy) is 1. The number of hydrogen-bond donors (Lipinski definition) is 0. The van der Waals surface area contributed by atoms with Gasteiger partial charge in [0, 0.05) is 11.8 Å². The molecule has 1 aliphatic rings. The predicted molar refractivity (Wildman–Crippen MR) is 142 cm³/mol. The molecule has 0 amide bonds. The highest BCUT2D eigenvalue weighted by molar-refractivity contribution is 5.60. The van der Waals surface area contributed by atoms with E-state index in [1.54, 1.807) is 0 Å². The number of aryl methyl sites for hydroxylation is 1. The molecule has 1 aromatic carbocycles. The van der Waals surface area contributed by atoms with Gasteiger partial charge < -0.3 is 4.74 Å². The van der Waals surface area contributed by atoms with Crippen molar-refractivity contribution in [2.45, 2.75) is 104 Å². The van der Waals surface area contributed by atoms with E-state index in [0.717, 1.165) is 47.8 Å². The number of pyridine rings is 1. The molecule has 2 nitrogen and oxygen atoms in total. The Balaban J connectivity index is 1.40. The van der Waals surface area contributed by atoms with Gasteiger partial charge in [0.2, 0.25) is 0 Å². The van der Waals surface area contributed by atoms with Crippen molar-refractivity contribution in [2.24, 2.45) is 17.8 Å². The third-order valence-electron chi connectivity index (χ3n) is 7.83. The molecular weight excluding hydrogens is 402 g/mol. The second kappa shape index (κ2) is 14.4. The van der Waals surface area contributed by atoms with E-state index in [0.29, 0.717) is 0 Å². The van der Waals surface area contributed by atoms with Crippen molar-refractivity contribution < 1.29 is 4.74 Å². The average Bonchev–Trinajstić information content (AvgIpc) is 2.87. The minimum absolute atomic E-state index is 0.784. The first-order valence-electron chi connectivity index (χ1n) is 13.9. The second-order valence-electron chi connectivity index (χ2n) is 10.4. The lowest BCUT2D eigenvalue weighted by Gasteiger charge is -2.31. The summed E-state index contributed by atoms with van der Waals surface area (Å²) in [6.45, 7) is 7.73. The lowest BCUT2D eigenvalue weighted by atomic mass is 9.74. The minimum atomic E-state index is 0.784. The monoisotopic (exact) mass is 449 g/mol. The first kappa shape index (κ1) is 25.8. The van der Waals surface area contributed by atoms with Crippen LogP contribution in [0.2, 0.25) is 0 Å². The molecule has 3 rings (SSSR count). The van der Waals surface area contributed by atoms with Crippen LogP contribution in [0.15, 0.2) is 42.6 Å². The molecule has 3 unspecified atom stereocenters. The quantitative estimate of drug-likeness (QED) is 0.268. The van der Waals surface area contributed by atoms with E-state index in [1.807, 2.05) is 6.20 Å². The van der Waals surface area contributed by atoms with Crippen LogP contribution in [0.25, 0.3) is 11.3 Å². The third kappa shape index (κ3) is 8.80. The maximum atomic E-state index is 6.09. The van der Waals surface area contributed by atoms with Crippen LogP contribution in [0, 0.1) is 17.8 Å². The number of rotatable bonds is 14. The average molecular weight is 450 g/mol. The Morgan fingerprint density at radius 1 is 0.909 bits per heavy atom. The van der Waals surface area contributed by atoms with Gasteiger partial charge in [0.05, 0.1) is 12.3 Å². The zero-order chi connectivity index (χ0) is 23.3. The van der Waals surface area contributed by atoms with Gasteiger partial charge in [-0.2, -0.15) is 0 Å². The fourth-order valence-electron chi connectivity index (χ4n) is 5.32. The van der Waals surface area contributed by atoms with Gasteiger partial charge >= 0.3 is 0 Å². The lowest BCUT2D eigenvalue weighted by molar-refractivity contribution is 0.190. The molecule has 0 radical (unpaired) electrons. The molecule has 0 saturated heterocycles. The van der Waals surface area contributed by atoms with Crippen molar-refractivity contribution >= 4 is 0 Å². The summed E-state index contributed by atoms with van der Waals surface area (Å²) in [5.41, 5.74) is 3.54. The largest absolute Gasteiger partial charge is 0.494 e. The van der Waals surface area contributed by atoms with Crippen molar-refractivity contribution in [3.63, 3.8) is 0 Å². The highest BCUT2D eigenvalue weighted by atomic mass is 16.5. The van der Waals surface area contributed by atoms with Crippen molar-refractivity contribution in [3.8, 4) is 17.0 Å². The Bertz CT molecular complexity index is 767. The van der Waals surface area contributed by atoms with Crippen LogP contribution in [-0.4, -0.2) is 11.6 Å². The van der Waals surface area contributed by atoms with Crippen molar-refractivity contribution in [3.05, 3.63) is 48.2 Å². The number of nitrogens with zero attached hydrogens (tertiary/aromatic N) is 1. The van der Waals surface area contributed by atoms with Crippen LogP contribution < -0.4 is 4.74 Å². The van der Waals surface area contributed by atoms with Gasteiger partial charge in [-0.05, 0) is 79.3 Å². The molecule has 1 heterocycles. The number of aromatic nitrogens is 1. The summed E-state index contributed by atoms with van der Waals surface area (Å²) in [6, 6.07) is 12.9. The molecule has 33 heavy (non-hydrogen) atoms. The topological polar surface area (TPSA) is 22.1 Å². The zero-order valence-corrected chi connectivity index (χ0v) is 21.5. The van der Waals surface area contributed by atoms with Crippen molar-refractivity contribution in [1.82, 2.24) is 4.98 Å². The highest BCUT2D eigenvalue weighted by Gasteiger charge is 2.24. The van der Waals surface area contributed by atoms with Gasteiger partial charge in [0.1, 0.15) is 5.75 Å². The van der Waals surface area contributed by atoms with E-state index in [-0.39, 0.29) is 0 Å². The maximum absolute atomic E-state index is 6.09. The molecule has 0 spiro atoms. The first-order chi connectivity index (χ1) is 16.2. The van der Waals surface area contributed by atoms with Crippen LogP contribution in [0.5, 0.6) is 5.75 Å². The molecule has 2 aromatic rings. The molecule has 0 aliphatic heterocycles. The Morgan fingerprint density at radius 2 is 1.64 bits per heavy atom. The first-order valence-corrected chi connectivity index (χ1v) is 13.9. The molecule has 1 aliphatic carbocycles. The number of benzene rings is 1. The second-order valence-corrected chi connectivity index (χ2v) is 10.4. The summed E-state index contributed by atoms with van der Waals surface area (Å²) in [5.74, 6) is 3.67. The Kier molecular flexibility index (Phi) is 11.3. The van der Waals surface area contributed by atoms with Crippen molar-refractivity contribution in [1.29, 1.82) is 0 Å². The summed E-state index contributed by atoms with van der Waals surface area (Å²) < 4.78 is 6.09. The smallest absolute Gasteiger partial charge is 0.119 e. The molecule has 0 bridgehead atoms. The van der Waals surface area contributed by atoms with E-state index >= 15 is 0 Å². The molecule has 2 heteroatoms. The van der Waals surface area contributed by atoms with Crippen LogP contribution in [0.4, 0.5) is 0 Å². The predicted octanol–water partition coefficient (Wildman–Crippen LogP) is 9.27. The van der Waals surface area contributed by atoms with Gasteiger partial charge in [0.15, 0.2) is 0 Å². The zero-order valence-electron chi connectivity index (χ0n) is 21.5. The van der Waals surface area contributed by atoms with Gasteiger partial charge in [-0.3, -0.25) is 4.98 Å². The molecule has 1 fully saturated rings. The van der Waals surface area contributed by atoms with Crippen LogP contribution in [0.3, 0.4) is 0 Å². The Labute approximate surface area is 203 Å². The fourth-order valence-corrected chi connectivity index (χ4v) is 5.32. The van der Waals surface area contributed by atoms with Crippen LogP contribution in [-0.2, 0) is 6.42 Å². The summed E-state index contributed by atoms with van der Waals surface area (Å²) in [5, 5.41) is 0. The maximum Gasteiger partial charge on any atom is 0.119 e. The van der Waals surface area contributed by atoms with Gasteiger partial charge in [-0.15, -0.1) is 0 Å². The Morgan fingerprint density at radius 3 is 2.27 bits per heavy atom. The minimum Gasteiger partial charge on any atom is -0.494 e. The van der Waals surface area contributed by atoms with E-state index in [9.17, 15) is 0 Å². The van der Waals surface area contributed by atoms with Crippen LogP contribution in [0.1, 0.15) is 103 Å². The molecular formula is C31H47NO.